The van der Waals surface area contributed by atoms with E-state index in [1.807, 2.05) is 32.0 Å². The van der Waals surface area contributed by atoms with Gasteiger partial charge in [-0.1, -0.05) is 12.1 Å². The second-order valence-corrected chi connectivity index (χ2v) is 4.35. The molecule has 0 aliphatic rings. The van der Waals surface area contributed by atoms with Gasteiger partial charge < -0.3 is 15.2 Å². The van der Waals surface area contributed by atoms with Crippen LogP contribution in [-0.4, -0.2) is 26.0 Å². The fourth-order valence-electron chi connectivity index (χ4n) is 1.54. The number of rotatable bonds is 6. The molecule has 0 spiro atoms. The molecule has 0 bridgehead atoms. The number of halogens is 3. The van der Waals surface area contributed by atoms with Crippen LogP contribution in [0.25, 0.3) is 0 Å². The molecule has 108 valence electrons. The van der Waals surface area contributed by atoms with Crippen molar-refractivity contribution < 1.29 is 22.6 Å². The molecule has 0 saturated carbocycles. The summed E-state index contributed by atoms with van der Waals surface area (Å²) in [7, 11) is 0. The van der Waals surface area contributed by atoms with Gasteiger partial charge in [0, 0.05) is 11.6 Å². The van der Waals surface area contributed by atoms with E-state index in [1.54, 1.807) is 0 Å². The zero-order chi connectivity index (χ0) is 14.5. The highest BCUT2D eigenvalue weighted by Crippen LogP contribution is 2.25. The summed E-state index contributed by atoms with van der Waals surface area (Å²) >= 11 is 0. The number of ether oxygens (including phenoxy) is 2. The molecular weight excluding hydrogens is 259 g/mol. The van der Waals surface area contributed by atoms with E-state index in [2.05, 4.69) is 4.74 Å². The van der Waals surface area contributed by atoms with Crippen molar-refractivity contribution in [2.75, 3.05) is 19.8 Å². The first-order valence-corrected chi connectivity index (χ1v) is 5.93. The standard InChI is InChI=1S/C13H18F3NO2/c1-9-3-4-11(10(2)17)12(7-9)19-6-5-18-8-13(14,15)16/h3-4,7,10H,5-6,8,17H2,1-2H3/t10-/m1/s1. The van der Waals surface area contributed by atoms with Crippen LogP contribution in [-0.2, 0) is 4.74 Å². The summed E-state index contributed by atoms with van der Waals surface area (Å²) in [5.41, 5.74) is 7.61. The van der Waals surface area contributed by atoms with Crippen molar-refractivity contribution in [3.05, 3.63) is 29.3 Å². The average molecular weight is 277 g/mol. The van der Waals surface area contributed by atoms with Gasteiger partial charge >= 0.3 is 6.18 Å². The van der Waals surface area contributed by atoms with E-state index in [-0.39, 0.29) is 19.3 Å². The van der Waals surface area contributed by atoms with Crippen LogP contribution in [0.1, 0.15) is 24.1 Å². The van der Waals surface area contributed by atoms with Crippen molar-refractivity contribution >= 4 is 0 Å². The molecule has 1 atom stereocenters. The smallest absolute Gasteiger partial charge is 0.411 e. The molecule has 0 fully saturated rings. The molecule has 3 nitrogen and oxygen atoms in total. The lowest BCUT2D eigenvalue weighted by molar-refractivity contribution is -0.175. The molecule has 0 aliphatic heterocycles. The molecule has 1 rings (SSSR count). The Morgan fingerprint density at radius 3 is 2.53 bits per heavy atom. The van der Waals surface area contributed by atoms with Gasteiger partial charge in [-0.05, 0) is 25.5 Å². The minimum absolute atomic E-state index is 0.0548. The molecule has 19 heavy (non-hydrogen) atoms. The molecule has 6 heteroatoms. The van der Waals surface area contributed by atoms with Crippen LogP contribution in [0.15, 0.2) is 18.2 Å². The summed E-state index contributed by atoms with van der Waals surface area (Å²) in [6.45, 7) is 2.39. The van der Waals surface area contributed by atoms with Crippen LogP contribution in [0.5, 0.6) is 5.75 Å². The van der Waals surface area contributed by atoms with Gasteiger partial charge in [-0.15, -0.1) is 0 Å². The Labute approximate surface area is 110 Å². The average Bonchev–Trinajstić information content (AvgIpc) is 2.26. The number of aryl methyl sites for hydroxylation is 1. The van der Waals surface area contributed by atoms with Gasteiger partial charge in [0.2, 0.25) is 0 Å². The topological polar surface area (TPSA) is 44.5 Å². The molecule has 1 aromatic rings. The maximum atomic E-state index is 11.8. The first-order chi connectivity index (χ1) is 8.79. The molecule has 0 saturated heterocycles. The second-order valence-electron chi connectivity index (χ2n) is 4.35. The lowest BCUT2D eigenvalue weighted by Gasteiger charge is -2.15. The third-order valence-corrected chi connectivity index (χ3v) is 2.41. The summed E-state index contributed by atoms with van der Waals surface area (Å²) in [5, 5.41) is 0. The van der Waals surface area contributed by atoms with Gasteiger partial charge in [0.1, 0.15) is 19.0 Å². The lowest BCUT2D eigenvalue weighted by Crippen LogP contribution is -2.19. The zero-order valence-corrected chi connectivity index (χ0v) is 11.0. The Morgan fingerprint density at radius 1 is 1.26 bits per heavy atom. The molecule has 0 heterocycles. The van der Waals surface area contributed by atoms with Crippen LogP contribution in [0.3, 0.4) is 0 Å². The van der Waals surface area contributed by atoms with Gasteiger partial charge in [-0.3, -0.25) is 0 Å². The van der Waals surface area contributed by atoms with E-state index < -0.39 is 12.8 Å². The Kier molecular flexibility index (Phi) is 5.62. The number of nitrogens with two attached hydrogens (primary N) is 1. The fourth-order valence-corrected chi connectivity index (χ4v) is 1.54. The van der Waals surface area contributed by atoms with Crippen molar-refractivity contribution in [3.8, 4) is 5.75 Å². The van der Waals surface area contributed by atoms with Gasteiger partial charge in [0.25, 0.3) is 0 Å². The predicted octanol–water partition coefficient (Wildman–Crippen LogP) is 2.97. The molecular formula is C13H18F3NO2. The van der Waals surface area contributed by atoms with Crippen LogP contribution in [0.2, 0.25) is 0 Å². The normalized spacial score (nSPS) is 13.4. The molecule has 1 aromatic carbocycles. The first-order valence-electron chi connectivity index (χ1n) is 5.93. The Morgan fingerprint density at radius 2 is 1.95 bits per heavy atom. The van der Waals surface area contributed by atoms with Crippen LogP contribution in [0, 0.1) is 6.92 Å². The van der Waals surface area contributed by atoms with E-state index in [9.17, 15) is 13.2 Å². The van der Waals surface area contributed by atoms with E-state index in [4.69, 9.17) is 10.5 Å². The zero-order valence-electron chi connectivity index (χ0n) is 11.0. The molecule has 0 aromatic heterocycles. The molecule has 0 radical (unpaired) electrons. The van der Waals surface area contributed by atoms with E-state index >= 15 is 0 Å². The Bertz CT molecular complexity index is 405. The highest BCUT2D eigenvalue weighted by molar-refractivity contribution is 5.38. The number of benzene rings is 1. The van der Waals surface area contributed by atoms with Gasteiger partial charge in [0.05, 0.1) is 6.61 Å². The third kappa shape index (κ3) is 5.94. The van der Waals surface area contributed by atoms with E-state index in [1.165, 1.54) is 0 Å². The maximum Gasteiger partial charge on any atom is 0.411 e. The molecule has 0 aliphatic carbocycles. The Hall–Kier alpha value is -1.27. The summed E-state index contributed by atoms with van der Waals surface area (Å²) in [4.78, 5) is 0. The number of hydrogen-bond donors (Lipinski definition) is 1. The van der Waals surface area contributed by atoms with Crippen LogP contribution in [0.4, 0.5) is 13.2 Å². The quantitative estimate of drug-likeness (QED) is 0.813. The molecule has 2 N–H and O–H groups in total. The van der Waals surface area contributed by atoms with Crippen LogP contribution < -0.4 is 10.5 Å². The maximum absolute atomic E-state index is 11.8. The summed E-state index contributed by atoms with van der Waals surface area (Å²) < 4.78 is 45.4. The fraction of sp³-hybridized carbons (Fsp3) is 0.538. The first kappa shape index (κ1) is 15.8. The van der Waals surface area contributed by atoms with Gasteiger partial charge in [-0.2, -0.15) is 13.2 Å². The largest absolute Gasteiger partial charge is 0.491 e. The highest BCUT2D eigenvalue weighted by atomic mass is 19.4. The number of hydrogen-bond acceptors (Lipinski definition) is 3. The SMILES string of the molecule is Cc1ccc([C@@H](C)N)c(OCCOCC(F)(F)F)c1. The summed E-state index contributed by atoms with van der Waals surface area (Å²) in [6, 6.07) is 5.37. The predicted molar refractivity (Wildman–Crippen MR) is 66.2 cm³/mol. The van der Waals surface area contributed by atoms with Gasteiger partial charge in [0.15, 0.2) is 0 Å². The van der Waals surface area contributed by atoms with E-state index in [0.29, 0.717) is 5.75 Å². The van der Waals surface area contributed by atoms with Crippen molar-refractivity contribution in [1.29, 1.82) is 0 Å². The summed E-state index contributed by atoms with van der Waals surface area (Å²) in [6.07, 6.45) is -4.31. The molecule has 0 unspecified atom stereocenters. The molecule has 0 amide bonds. The lowest BCUT2D eigenvalue weighted by atomic mass is 10.1. The van der Waals surface area contributed by atoms with E-state index in [0.717, 1.165) is 11.1 Å². The summed E-state index contributed by atoms with van der Waals surface area (Å²) in [5.74, 6) is 0.589. The third-order valence-electron chi connectivity index (χ3n) is 2.41. The monoisotopic (exact) mass is 277 g/mol. The minimum atomic E-state index is -4.31. The van der Waals surface area contributed by atoms with Crippen molar-refractivity contribution in [2.24, 2.45) is 5.73 Å². The van der Waals surface area contributed by atoms with Gasteiger partial charge in [-0.25, -0.2) is 0 Å². The number of alkyl halides is 3. The highest BCUT2D eigenvalue weighted by Gasteiger charge is 2.27. The Balaban J connectivity index is 2.46. The minimum Gasteiger partial charge on any atom is -0.491 e. The van der Waals surface area contributed by atoms with Crippen molar-refractivity contribution in [1.82, 2.24) is 0 Å². The van der Waals surface area contributed by atoms with Crippen LogP contribution >= 0.6 is 0 Å². The van der Waals surface area contributed by atoms with Crippen molar-refractivity contribution in [2.45, 2.75) is 26.1 Å². The van der Waals surface area contributed by atoms with Crippen molar-refractivity contribution in [3.63, 3.8) is 0 Å². The second kappa shape index (κ2) is 6.77.